The molecule has 0 unspecified atom stereocenters. The Morgan fingerprint density at radius 1 is 0.680 bits per heavy atom. The van der Waals surface area contributed by atoms with Gasteiger partial charge in [0, 0.05) is 22.5 Å². The van der Waals surface area contributed by atoms with Crippen molar-refractivity contribution in [3.8, 4) is 0 Å². The van der Waals surface area contributed by atoms with Crippen LogP contribution in [-0.2, 0) is 0 Å². The van der Waals surface area contributed by atoms with Crippen molar-refractivity contribution in [2.24, 2.45) is 0 Å². The zero-order chi connectivity index (χ0) is 17.6. The van der Waals surface area contributed by atoms with Gasteiger partial charge in [0.05, 0.1) is 0 Å². The smallest absolute Gasteiger partial charge is 0.255 e. The van der Waals surface area contributed by atoms with E-state index in [0.717, 1.165) is 11.3 Å². The van der Waals surface area contributed by atoms with E-state index in [2.05, 4.69) is 10.6 Å². The first-order chi connectivity index (χ1) is 12.1. The summed E-state index contributed by atoms with van der Waals surface area (Å²) >= 11 is 0. The van der Waals surface area contributed by atoms with Gasteiger partial charge in [0.2, 0.25) is 0 Å². The van der Waals surface area contributed by atoms with E-state index < -0.39 is 0 Å². The summed E-state index contributed by atoms with van der Waals surface area (Å²) in [4.78, 5) is 24.8. The fraction of sp³-hybridized carbons (Fsp3) is 0.0476. The van der Waals surface area contributed by atoms with E-state index in [9.17, 15) is 9.59 Å². The number of hydrogen-bond acceptors (Lipinski definition) is 2. The largest absolute Gasteiger partial charge is 0.322 e. The SMILES string of the molecule is Cc1ccccc1NC(=O)c1cccc(C(=O)Nc2ccccc2)c1. The molecule has 0 radical (unpaired) electrons. The molecule has 0 heterocycles. The van der Waals surface area contributed by atoms with Crippen molar-refractivity contribution in [3.63, 3.8) is 0 Å². The number of rotatable bonds is 4. The first kappa shape index (κ1) is 16.5. The first-order valence-corrected chi connectivity index (χ1v) is 7.97. The molecule has 3 rings (SSSR count). The highest BCUT2D eigenvalue weighted by molar-refractivity contribution is 6.08. The standard InChI is InChI=1S/C21H18N2O2/c1-15-8-5-6-13-19(15)23-21(25)17-10-7-9-16(14-17)20(24)22-18-11-3-2-4-12-18/h2-14H,1H3,(H,22,24)(H,23,25). The van der Waals surface area contributed by atoms with Crippen molar-refractivity contribution < 1.29 is 9.59 Å². The van der Waals surface area contributed by atoms with Crippen LogP contribution in [0.4, 0.5) is 11.4 Å². The molecule has 25 heavy (non-hydrogen) atoms. The molecular formula is C21H18N2O2. The molecule has 0 aromatic heterocycles. The minimum Gasteiger partial charge on any atom is -0.322 e. The Bertz CT molecular complexity index is 905. The Labute approximate surface area is 146 Å². The lowest BCUT2D eigenvalue weighted by molar-refractivity contribution is 0.102. The summed E-state index contributed by atoms with van der Waals surface area (Å²) in [6.07, 6.45) is 0. The second-order valence-corrected chi connectivity index (χ2v) is 5.67. The lowest BCUT2D eigenvalue weighted by atomic mass is 10.1. The molecule has 4 heteroatoms. The highest BCUT2D eigenvalue weighted by Gasteiger charge is 2.11. The maximum atomic E-state index is 12.5. The van der Waals surface area contributed by atoms with E-state index in [1.807, 2.05) is 61.5 Å². The van der Waals surface area contributed by atoms with Gasteiger partial charge in [-0.1, -0.05) is 42.5 Å². The topological polar surface area (TPSA) is 58.2 Å². The highest BCUT2D eigenvalue weighted by Crippen LogP contribution is 2.16. The molecule has 0 bridgehead atoms. The Kier molecular flexibility index (Phi) is 4.90. The molecule has 0 saturated carbocycles. The van der Waals surface area contributed by atoms with E-state index in [1.165, 1.54) is 0 Å². The highest BCUT2D eigenvalue weighted by atomic mass is 16.2. The third kappa shape index (κ3) is 4.12. The van der Waals surface area contributed by atoms with Crippen molar-refractivity contribution >= 4 is 23.2 Å². The number of amides is 2. The van der Waals surface area contributed by atoms with Gasteiger partial charge in [-0.25, -0.2) is 0 Å². The zero-order valence-electron chi connectivity index (χ0n) is 13.8. The van der Waals surface area contributed by atoms with Crippen LogP contribution in [0.15, 0.2) is 78.9 Å². The predicted octanol–water partition coefficient (Wildman–Crippen LogP) is 4.50. The molecule has 3 aromatic rings. The summed E-state index contributed by atoms with van der Waals surface area (Å²) < 4.78 is 0. The number of hydrogen-bond donors (Lipinski definition) is 2. The van der Waals surface area contributed by atoms with Crippen LogP contribution in [0.25, 0.3) is 0 Å². The normalized spacial score (nSPS) is 10.1. The van der Waals surface area contributed by atoms with Crippen LogP contribution in [0.2, 0.25) is 0 Å². The molecule has 2 amide bonds. The summed E-state index contributed by atoms with van der Waals surface area (Å²) in [5.74, 6) is -0.500. The second kappa shape index (κ2) is 7.45. The first-order valence-electron chi connectivity index (χ1n) is 7.97. The van der Waals surface area contributed by atoms with E-state index >= 15 is 0 Å². The molecule has 0 saturated heterocycles. The van der Waals surface area contributed by atoms with Gasteiger partial charge in [-0.05, 0) is 48.9 Å². The third-order valence-corrected chi connectivity index (χ3v) is 3.81. The van der Waals surface area contributed by atoms with Crippen molar-refractivity contribution in [2.75, 3.05) is 10.6 Å². The minimum absolute atomic E-state index is 0.247. The molecule has 124 valence electrons. The quantitative estimate of drug-likeness (QED) is 0.740. The van der Waals surface area contributed by atoms with Gasteiger partial charge in [0.1, 0.15) is 0 Å². The molecule has 3 aromatic carbocycles. The Hall–Kier alpha value is -3.40. The van der Waals surface area contributed by atoms with Gasteiger partial charge >= 0.3 is 0 Å². The van der Waals surface area contributed by atoms with Gasteiger partial charge in [-0.2, -0.15) is 0 Å². The fourth-order valence-corrected chi connectivity index (χ4v) is 2.43. The predicted molar refractivity (Wildman–Crippen MR) is 100.0 cm³/mol. The molecule has 0 aliphatic rings. The maximum Gasteiger partial charge on any atom is 0.255 e. The Morgan fingerprint density at radius 2 is 1.28 bits per heavy atom. The van der Waals surface area contributed by atoms with Gasteiger partial charge in [0.25, 0.3) is 11.8 Å². The zero-order valence-corrected chi connectivity index (χ0v) is 13.8. The fourth-order valence-electron chi connectivity index (χ4n) is 2.43. The summed E-state index contributed by atoms with van der Waals surface area (Å²) in [6.45, 7) is 1.93. The van der Waals surface area contributed by atoms with Gasteiger partial charge in [0.15, 0.2) is 0 Å². The average molecular weight is 330 g/mol. The number of carbonyl (C=O) groups is 2. The third-order valence-electron chi connectivity index (χ3n) is 3.81. The van der Waals surface area contributed by atoms with Crippen LogP contribution in [0.1, 0.15) is 26.3 Å². The second-order valence-electron chi connectivity index (χ2n) is 5.67. The van der Waals surface area contributed by atoms with Crippen LogP contribution in [0, 0.1) is 6.92 Å². The minimum atomic E-state index is -0.253. The lowest BCUT2D eigenvalue weighted by Crippen LogP contribution is -2.16. The monoisotopic (exact) mass is 330 g/mol. The van der Waals surface area contributed by atoms with Crippen molar-refractivity contribution in [1.82, 2.24) is 0 Å². The Balaban J connectivity index is 1.76. The summed E-state index contributed by atoms with van der Waals surface area (Å²) in [5, 5.41) is 5.68. The van der Waals surface area contributed by atoms with Crippen LogP contribution >= 0.6 is 0 Å². The van der Waals surface area contributed by atoms with Crippen LogP contribution in [0.3, 0.4) is 0 Å². The summed E-state index contributed by atoms with van der Waals surface area (Å²) in [5.41, 5.74) is 3.31. The Morgan fingerprint density at radius 3 is 1.96 bits per heavy atom. The molecule has 0 fully saturated rings. The number of benzene rings is 3. The van der Waals surface area contributed by atoms with Gasteiger partial charge in [-0.15, -0.1) is 0 Å². The van der Waals surface area contributed by atoms with E-state index in [-0.39, 0.29) is 11.8 Å². The molecular weight excluding hydrogens is 312 g/mol. The summed E-state index contributed by atoms with van der Waals surface area (Å²) in [6, 6.07) is 23.4. The molecule has 0 spiro atoms. The van der Waals surface area contributed by atoms with E-state index in [1.54, 1.807) is 24.3 Å². The van der Waals surface area contributed by atoms with Crippen LogP contribution < -0.4 is 10.6 Å². The molecule has 2 N–H and O–H groups in total. The molecule has 0 aliphatic carbocycles. The summed E-state index contributed by atoms with van der Waals surface area (Å²) in [7, 11) is 0. The van der Waals surface area contributed by atoms with Crippen molar-refractivity contribution in [1.29, 1.82) is 0 Å². The van der Waals surface area contributed by atoms with E-state index in [4.69, 9.17) is 0 Å². The average Bonchev–Trinajstić information content (AvgIpc) is 2.64. The van der Waals surface area contributed by atoms with Gasteiger partial charge < -0.3 is 10.6 Å². The number of carbonyl (C=O) groups excluding carboxylic acids is 2. The molecule has 0 aliphatic heterocycles. The number of nitrogens with one attached hydrogen (secondary N) is 2. The maximum absolute atomic E-state index is 12.5. The van der Waals surface area contributed by atoms with E-state index in [0.29, 0.717) is 16.8 Å². The number of para-hydroxylation sites is 2. The number of anilines is 2. The lowest BCUT2D eigenvalue weighted by Gasteiger charge is -2.09. The number of aryl methyl sites for hydroxylation is 1. The molecule has 4 nitrogen and oxygen atoms in total. The van der Waals surface area contributed by atoms with Crippen molar-refractivity contribution in [3.05, 3.63) is 95.6 Å². The van der Waals surface area contributed by atoms with Gasteiger partial charge in [-0.3, -0.25) is 9.59 Å². The van der Waals surface area contributed by atoms with Crippen molar-refractivity contribution in [2.45, 2.75) is 6.92 Å². The molecule has 0 atom stereocenters. The van der Waals surface area contributed by atoms with Crippen LogP contribution in [0.5, 0.6) is 0 Å². The van der Waals surface area contributed by atoms with Crippen LogP contribution in [-0.4, -0.2) is 11.8 Å².